The van der Waals surface area contributed by atoms with Gasteiger partial charge in [0.2, 0.25) is 0 Å². The Balaban J connectivity index is 3.41. The molecule has 0 aromatic heterocycles. The second-order valence-corrected chi connectivity index (χ2v) is 3.99. The van der Waals surface area contributed by atoms with Crippen molar-refractivity contribution in [3.8, 4) is 0 Å². The Kier molecular flexibility index (Phi) is 3.20. The fraction of sp³-hybridized carbons (Fsp3) is 0.455. The third-order valence-corrected chi connectivity index (χ3v) is 2.76. The van der Waals surface area contributed by atoms with Gasteiger partial charge < -0.3 is 0 Å². The first-order valence-corrected chi connectivity index (χ1v) is 4.71. The largest absolute Gasteiger partial charge is 0.406 e. The second kappa shape index (κ2) is 3.92. The molecule has 0 aliphatic heterocycles. The molecule has 0 aliphatic carbocycles. The summed E-state index contributed by atoms with van der Waals surface area (Å²) in [5.41, 5.74) is -4.04. The molecule has 0 amide bonds. The van der Waals surface area contributed by atoms with Gasteiger partial charge in [-0.05, 0) is 19.4 Å². The van der Waals surface area contributed by atoms with Crippen molar-refractivity contribution in [2.75, 3.05) is 0 Å². The van der Waals surface area contributed by atoms with Crippen LogP contribution in [-0.4, -0.2) is 12.4 Å². The molecule has 0 bridgehead atoms. The Morgan fingerprint density at radius 2 is 1.12 bits per heavy atom. The summed E-state index contributed by atoms with van der Waals surface area (Å²) in [5.74, 6) is 0. The highest BCUT2D eigenvalue weighted by molar-refractivity contribution is 5.31. The van der Waals surface area contributed by atoms with Crippen LogP contribution in [0.2, 0.25) is 0 Å². The van der Waals surface area contributed by atoms with Crippen molar-refractivity contribution in [3.63, 3.8) is 0 Å². The lowest BCUT2D eigenvalue weighted by Crippen LogP contribution is -2.51. The Bertz CT molecular complexity index is 370. The highest BCUT2D eigenvalue weighted by atomic mass is 19.4. The summed E-state index contributed by atoms with van der Waals surface area (Å²) in [6.07, 6.45) is -10.8. The third-order valence-electron chi connectivity index (χ3n) is 2.76. The van der Waals surface area contributed by atoms with Crippen LogP contribution in [-0.2, 0) is 5.41 Å². The van der Waals surface area contributed by atoms with E-state index in [1.165, 1.54) is 12.1 Å². The molecule has 0 unspecified atom stereocenters. The van der Waals surface area contributed by atoms with Crippen LogP contribution in [0.3, 0.4) is 0 Å². The van der Waals surface area contributed by atoms with Gasteiger partial charge in [0.05, 0.1) is 0 Å². The summed E-state index contributed by atoms with van der Waals surface area (Å²) in [5, 5.41) is 0. The molecule has 1 rings (SSSR count). The van der Waals surface area contributed by atoms with E-state index in [9.17, 15) is 26.3 Å². The summed E-state index contributed by atoms with van der Waals surface area (Å²) in [4.78, 5) is 0. The minimum absolute atomic E-state index is 0.150. The van der Waals surface area contributed by atoms with E-state index in [1.54, 1.807) is 6.92 Å². The molecule has 0 radical (unpaired) electrons. The quantitative estimate of drug-likeness (QED) is 0.654. The lowest BCUT2D eigenvalue weighted by molar-refractivity contribution is -0.297. The van der Waals surface area contributed by atoms with E-state index in [0.29, 0.717) is 5.56 Å². The van der Waals surface area contributed by atoms with Crippen molar-refractivity contribution in [1.82, 2.24) is 0 Å². The van der Waals surface area contributed by atoms with E-state index < -0.39 is 23.3 Å². The maximum absolute atomic E-state index is 12.7. The first-order valence-electron chi connectivity index (χ1n) is 4.71. The van der Waals surface area contributed by atoms with Gasteiger partial charge in [-0.3, -0.25) is 0 Å². The zero-order valence-corrected chi connectivity index (χ0v) is 9.08. The number of aryl methyl sites for hydroxylation is 1. The fourth-order valence-corrected chi connectivity index (χ4v) is 1.37. The van der Waals surface area contributed by atoms with Crippen LogP contribution in [0.4, 0.5) is 26.3 Å². The molecule has 0 heterocycles. The lowest BCUT2D eigenvalue weighted by Gasteiger charge is -2.34. The van der Waals surface area contributed by atoms with Crippen LogP contribution >= 0.6 is 0 Å². The Morgan fingerprint density at radius 3 is 1.41 bits per heavy atom. The molecule has 0 spiro atoms. The average Bonchev–Trinajstić information content (AvgIpc) is 2.14. The minimum atomic E-state index is -5.39. The van der Waals surface area contributed by atoms with Crippen LogP contribution < -0.4 is 0 Å². The maximum atomic E-state index is 12.7. The first-order chi connectivity index (χ1) is 7.50. The van der Waals surface area contributed by atoms with E-state index >= 15 is 0 Å². The zero-order chi connectivity index (χ0) is 13.5. The van der Waals surface area contributed by atoms with E-state index in [1.807, 2.05) is 0 Å². The highest BCUT2D eigenvalue weighted by Gasteiger charge is 2.68. The summed E-state index contributed by atoms with van der Waals surface area (Å²) in [6.45, 7) is 1.74. The predicted octanol–water partition coefficient (Wildman–Crippen LogP) is 4.38. The Labute approximate surface area is 94.2 Å². The van der Waals surface area contributed by atoms with Crippen molar-refractivity contribution in [2.45, 2.75) is 31.6 Å². The van der Waals surface area contributed by atoms with Crippen molar-refractivity contribution >= 4 is 0 Å². The van der Waals surface area contributed by atoms with Crippen molar-refractivity contribution in [2.24, 2.45) is 0 Å². The summed E-state index contributed by atoms with van der Waals surface area (Å²) in [7, 11) is 0. The van der Waals surface area contributed by atoms with Gasteiger partial charge in [-0.1, -0.05) is 29.8 Å². The van der Waals surface area contributed by atoms with Crippen molar-refractivity contribution in [1.29, 1.82) is 0 Å². The molecule has 0 aliphatic rings. The van der Waals surface area contributed by atoms with Gasteiger partial charge in [-0.15, -0.1) is 0 Å². The van der Waals surface area contributed by atoms with Gasteiger partial charge in [0.1, 0.15) is 0 Å². The molecule has 1 aromatic rings. The summed E-state index contributed by atoms with van der Waals surface area (Å²) >= 11 is 0. The fourth-order valence-electron chi connectivity index (χ4n) is 1.37. The molecule has 0 atom stereocenters. The van der Waals surface area contributed by atoms with Gasteiger partial charge in [-0.2, -0.15) is 26.3 Å². The molecule has 96 valence electrons. The van der Waals surface area contributed by atoms with Gasteiger partial charge in [0.15, 0.2) is 5.41 Å². The van der Waals surface area contributed by atoms with E-state index in [-0.39, 0.29) is 6.92 Å². The van der Waals surface area contributed by atoms with Crippen LogP contribution in [0.15, 0.2) is 24.3 Å². The standard InChI is InChI=1S/C11H10F6/c1-7-3-5-8(6-4-7)9(2,10(12,13)14)11(15,16)17/h3-6H,1-2H3. The van der Waals surface area contributed by atoms with Crippen LogP contribution in [0.5, 0.6) is 0 Å². The predicted molar refractivity (Wildman–Crippen MR) is 50.6 cm³/mol. The van der Waals surface area contributed by atoms with Gasteiger partial charge in [0, 0.05) is 0 Å². The third kappa shape index (κ3) is 2.25. The lowest BCUT2D eigenvalue weighted by atomic mass is 9.80. The van der Waals surface area contributed by atoms with Crippen LogP contribution in [0, 0.1) is 6.92 Å². The van der Waals surface area contributed by atoms with Crippen molar-refractivity contribution in [3.05, 3.63) is 35.4 Å². The zero-order valence-electron chi connectivity index (χ0n) is 9.08. The number of benzene rings is 1. The monoisotopic (exact) mass is 256 g/mol. The second-order valence-electron chi connectivity index (χ2n) is 3.99. The van der Waals surface area contributed by atoms with E-state index in [4.69, 9.17) is 0 Å². The van der Waals surface area contributed by atoms with E-state index in [0.717, 1.165) is 12.1 Å². The van der Waals surface area contributed by atoms with Gasteiger partial charge >= 0.3 is 12.4 Å². The number of alkyl halides is 6. The molecule has 0 saturated carbocycles. The van der Waals surface area contributed by atoms with E-state index in [2.05, 4.69) is 0 Å². The molecule has 0 fully saturated rings. The molecular weight excluding hydrogens is 246 g/mol. The van der Waals surface area contributed by atoms with Gasteiger partial charge in [-0.25, -0.2) is 0 Å². The first kappa shape index (κ1) is 13.9. The molecule has 1 aromatic carbocycles. The molecule has 17 heavy (non-hydrogen) atoms. The number of hydrogen-bond donors (Lipinski definition) is 0. The SMILES string of the molecule is Cc1ccc(C(C)(C(F)(F)F)C(F)(F)F)cc1. The van der Waals surface area contributed by atoms with Crippen LogP contribution in [0.25, 0.3) is 0 Å². The number of rotatable bonds is 1. The normalized spacial score (nSPS) is 13.9. The smallest absolute Gasteiger partial charge is 0.170 e. The number of hydrogen-bond acceptors (Lipinski definition) is 0. The maximum Gasteiger partial charge on any atom is 0.406 e. The molecule has 0 saturated heterocycles. The average molecular weight is 256 g/mol. The van der Waals surface area contributed by atoms with Crippen LogP contribution in [0.1, 0.15) is 18.1 Å². The van der Waals surface area contributed by atoms with Crippen molar-refractivity contribution < 1.29 is 26.3 Å². The van der Waals surface area contributed by atoms with Gasteiger partial charge in [0.25, 0.3) is 0 Å². The number of halogens is 6. The minimum Gasteiger partial charge on any atom is -0.170 e. The Morgan fingerprint density at radius 1 is 0.765 bits per heavy atom. The molecule has 6 heteroatoms. The molecule has 0 N–H and O–H groups in total. The molecular formula is C11H10F6. The highest BCUT2D eigenvalue weighted by Crippen LogP contribution is 2.51. The topological polar surface area (TPSA) is 0 Å². The Hall–Kier alpha value is -1.20. The summed E-state index contributed by atoms with van der Waals surface area (Å²) in [6, 6.07) is 4.17. The summed E-state index contributed by atoms with van der Waals surface area (Å²) < 4.78 is 76.0. The molecule has 0 nitrogen and oxygen atoms in total.